The van der Waals surface area contributed by atoms with Gasteiger partial charge < -0.3 is 5.11 Å². The average Bonchev–Trinajstić information content (AvgIpc) is 2.15. The lowest BCUT2D eigenvalue weighted by atomic mass is 10.2. The second kappa shape index (κ2) is 5.01. The number of thioether (sulfide) groups is 2. The highest BCUT2D eigenvalue weighted by Crippen LogP contribution is 2.38. The third-order valence-electron chi connectivity index (χ3n) is 1.63. The van der Waals surface area contributed by atoms with Crippen LogP contribution < -0.4 is 0 Å². The first-order chi connectivity index (χ1) is 7.33. The summed E-state index contributed by atoms with van der Waals surface area (Å²) in [5, 5.41) is 8.82. The zero-order chi connectivity index (χ0) is 12.3. The monoisotopic (exact) mass is 268 g/mol. The van der Waals surface area contributed by atoms with Crippen molar-refractivity contribution in [3.05, 3.63) is 23.8 Å². The molecule has 1 rings (SSSR count). The zero-order valence-corrected chi connectivity index (χ0v) is 9.67. The number of carbonyl (C=O) groups is 1. The number of rotatable bonds is 3. The Kier molecular flexibility index (Phi) is 4.15. The molecule has 0 aliphatic heterocycles. The summed E-state index contributed by atoms with van der Waals surface area (Å²) in [4.78, 5) is 11.1. The van der Waals surface area contributed by atoms with Crippen LogP contribution in [0.4, 0.5) is 13.2 Å². The van der Waals surface area contributed by atoms with Crippen molar-refractivity contribution < 1.29 is 23.1 Å². The first kappa shape index (κ1) is 13.2. The molecule has 0 saturated carbocycles. The van der Waals surface area contributed by atoms with Crippen LogP contribution in [0.5, 0.6) is 0 Å². The van der Waals surface area contributed by atoms with Crippen LogP contribution in [0.3, 0.4) is 0 Å². The predicted molar refractivity (Wildman–Crippen MR) is 57.1 cm³/mol. The van der Waals surface area contributed by atoms with Crippen molar-refractivity contribution in [2.75, 3.05) is 6.26 Å². The zero-order valence-electron chi connectivity index (χ0n) is 8.04. The lowest BCUT2D eigenvalue weighted by Gasteiger charge is -2.08. The molecule has 0 amide bonds. The van der Waals surface area contributed by atoms with Gasteiger partial charge in [0.05, 0.1) is 5.56 Å². The number of alkyl halides is 3. The summed E-state index contributed by atoms with van der Waals surface area (Å²) in [6.07, 6.45) is 1.67. The first-order valence-corrected chi connectivity index (χ1v) is 6.04. The second-order valence-electron chi connectivity index (χ2n) is 2.72. The van der Waals surface area contributed by atoms with Gasteiger partial charge >= 0.3 is 11.5 Å². The van der Waals surface area contributed by atoms with Crippen LogP contribution in [0.1, 0.15) is 10.4 Å². The minimum atomic E-state index is -4.41. The van der Waals surface area contributed by atoms with Gasteiger partial charge in [0.15, 0.2) is 0 Å². The van der Waals surface area contributed by atoms with E-state index in [-0.39, 0.29) is 22.2 Å². The lowest BCUT2D eigenvalue weighted by molar-refractivity contribution is -0.0328. The van der Waals surface area contributed by atoms with Gasteiger partial charge in [-0.2, -0.15) is 13.2 Å². The Morgan fingerprint density at radius 2 is 2.00 bits per heavy atom. The van der Waals surface area contributed by atoms with Crippen molar-refractivity contribution in [1.29, 1.82) is 0 Å². The van der Waals surface area contributed by atoms with E-state index in [9.17, 15) is 18.0 Å². The maximum absolute atomic E-state index is 12.1. The van der Waals surface area contributed by atoms with Gasteiger partial charge in [-0.15, -0.1) is 11.8 Å². The molecule has 0 atom stereocenters. The molecule has 88 valence electrons. The minimum absolute atomic E-state index is 0.109. The molecule has 1 aromatic rings. The van der Waals surface area contributed by atoms with Crippen molar-refractivity contribution in [3.8, 4) is 0 Å². The largest absolute Gasteiger partial charge is 0.478 e. The van der Waals surface area contributed by atoms with Crippen LogP contribution >= 0.6 is 23.5 Å². The smallest absolute Gasteiger partial charge is 0.446 e. The first-order valence-electron chi connectivity index (χ1n) is 4.00. The molecule has 0 radical (unpaired) electrons. The summed E-state index contributed by atoms with van der Waals surface area (Å²) in [7, 11) is 0. The number of hydrogen-bond acceptors (Lipinski definition) is 3. The minimum Gasteiger partial charge on any atom is -0.478 e. The molecule has 16 heavy (non-hydrogen) atoms. The molecule has 0 aliphatic rings. The Balaban J connectivity index is 3.07. The van der Waals surface area contributed by atoms with Crippen molar-refractivity contribution >= 4 is 29.5 Å². The predicted octanol–water partition coefficient (Wildman–Crippen LogP) is 3.72. The van der Waals surface area contributed by atoms with Crippen molar-refractivity contribution in [3.63, 3.8) is 0 Å². The van der Waals surface area contributed by atoms with Crippen LogP contribution in [0.15, 0.2) is 28.0 Å². The third kappa shape index (κ3) is 3.64. The Morgan fingerprint density at radius 1 is 1.38 bits per heavy atom. The van der Waals surface area contributed by atoms with Gasteiger partial charge in [0, 0.05) is 9.79 Å². The standard InChI is InChI=1S/C9H7F3O2S2/c1-15-7-3-2-5(16-9(10,11)12)4-6(7)8(13)14/h2-4H,1H3,(H,13,14). The van der Waals surface area contributed by atoms with Crippen molar-refractivity contribution in [2.24, 2.45) is 0 Å². The summed E-state index contributed by atoms with van der Waals surface area (Å²) < 4.78 is 36.2. The fraction of sp³-hybridized carbons (Fsp3) is 0.222. The van der Waals surface area contributed by atoms with Gasteiger partial charge in [0.1, 0.15) is 0 Å². The van der Waals surface area contributed by atoms with E-state index in [1.54, 1.807) is 6.26 Å². The molecule has 0 aromatic heterocycles. The Labute approximate surface area is 98.2 Å². The van der Waals surface area contributed by atoms with E-state index < -0.39 is 11.5 Å². The van der Waals surface area contributed by atoms with Crippen LogP contribution in [0.2, 0.25) is 0 Å². The molecular weight excluding hydrogens is 261 g/mol. The highest BCUT2D eigenvalue weighted by Gasteiger charge is 2.29. The fourth-order valence-corrected chi connectivity index (χ4v) is 2.20. The van der Waals surface area contributed by atoms with Gasteiger partial charge in [-0.25, -0.2) is 4.79 Å². The molecule has 1 aromatic carbocycles. The molecule has 0 aliphatic carbocycles. The van der Waals surface area contributed by atoms with Crippen LogP contribution in [0, 0.1) is 0 Å². The maximum atomic E-state index is 12.1. The van der Waals surface area contributed by atoms with Crippen LogP contribution in [-0.4, -0.2) is 22.8 Å². The van der Waals surface area contributed by atoms with Crippen LogP contribution in [-0.2, 0) is 0 Å². The summed E-state index contributed by atoms with van der Waals surface area (Å²) in [5.41, 5.74) is -4.52. The topological polar surface area (TPSA) is 37.3 Å². The highest BCUT2D eigenvalue weighted by molar-refractivity contribution is 8.00. The van der Waals surface area contributed by atoms with E-state index in [1.807, 2.05) is 0 Å². The van der Waals surface area contributed by atoms with E-state index in [0.29, 0.717) is 4.90 Å². The van der Waals surface area contributed by atoms with Gasteiger partial charge in [-0.05, 0) is 36.2 Å². The second-order valence-corrected chi connectivity index (χ2v) is 4.70. The van der Waals surface area contributed by atoms with E-state index >= 15 is 0 Å². The Hall–Kier alpha value is -0.820. The van der Waals surface area contributed by atoms with Crippen molar-refractivity contribution in [1.82, 2.24) is 0 Å². The SMILES string of the molecule is CSc1ccc(SC(F)(F)F)cc1C(=O)O. The summed E-state index contributed by atoms with van der Waals surface area (Å²) >= 11 is 0.858. The normalized spacial score (nSPS) is 11.5. The summed E-state index contributed by atoms with van der Waals surface area (Å²) in [6, 6.07) is 3.67. The molecule has 2 nitrogen and oxygen atoms in total. The van der Waals surface area contributed by atoms with Crippen LogP contribution in [0.25, 0.3) is 0 Å². The van der Waals surface area contributed by atoms with Gasteiger partial charge in [-0.1, -0.05) is 0 Å². The molecule has 0 saturated heterocycles. The van der Waals surface area contributed by atoms with Crippen molar-refractivity contribution in [2.45, 2.75) is 15.3 Å². The Bertz CT molecular complexity index is 404. The molecule has 7 heteroatoms. The lowest BCUT2D eigenvalue weighted by Crippen LogP contribution is -2.02. The molecule has 0 bridgehead atoms. The molecule has 0 heterocycles. The van der Waals surface area contributed by atoms with E-state index in [4.69, 9.17) is 5.11 Å². The number of carboxylic acid groups (broad SMARTS) is 1. The summed E-state index contributed by atoms with van der Waals surface area (Å²) in [6.45, 7) is 0. The Morgan fingerprint density at radius 3 is 2.44 bits per heavy atom. The van der Waals surface area contributed by atoms with Gasteiger partial charge in [0.2, 0.25) is 0 Å². The summed E-state index contributed by atoms with van der Waals surface area (Å²) in [5.74, 6) is -1.23. The number of aromatic carboxylic acids is 1. The molecule has 0 fully saturated rings. The molecular formula is C9H7F3O2S2. The fourth-order valence-electron chi connectivity index (χ4n) is 1.05. The number of halogens is 3. The van der Waals surface area contributed by atoms with E-state index in [2.05, 4.69) is 0 Å². The third-order valence-corrected chi connectivity index (χ3v) is 3.15. The number of carboxylic acids is 1. The van der Waals surface area contributed by atoms with Gasteiger partial charge in [-0.3, -0.25) is 0 Å². The van der Waals surface area contributed by atoms with E-state index in [0.717, 1.165) is 6.07 Å². The average molecular weight is 268 g/mol. The van der Waals surface area contributed by atoms with Gasteiger partial charge in [0.25, 0.3) is 0 Å². The molecule has 1 N–H and O–H groups in total. The molecule has 0 spiro atoms. The number of hydrogen-bond donors (Lipinski definition) is 1. The quantitative estimate of drug-likeness (QED) is 0.848. The highest BCUT2D eigenvalue weighted by atomic mass is 32.2. The molecule has 0 unspecified atom stereocenters. The maximum Gasteiger partial charge on any atom is 0.446 e. The van der Waals surface area contributed by atoms with E-state index in [1.165, 1.54) is 23.9 Å². The number of benzene rings is 1.